The molecule has 3 aromatic rings. The first-order valence-corrected chi connectivity index (χ1v) is 12.1. The van der Waals surface area contributed by atoms with Gasteiger partial charge in [-0.2, -0.15) is 34.2 Å². The van der Waals surface area contributed by atoms with Crippen LogP contribution in [0.4, 0.5) is 47.3 Å². The third-order valence-electron chi connectivity index (χ3n) is 3.62. The first-order chi connectivity index (χ1) is 17.2. The van der Waals surface area contributed by atoms with Crippen LogP contribution in [0.25, 0.3) is 0 Å². The predicted octanol–water partition coefficient (Wildman–Crippen LogP) is -8.25. The number of nitrogens with zero attached hydrogens (tertiary/aromatic N) is 8. The van der Waals surface area contributed by atoms with Gasteiger partial charge >= 0.3 is 103 Å². The van der Waals surface area contributed by atoms with Crippen molar-refractivity contribution in [3.63, 3.8) is 0 Å². The van der Waals surface area contributed by atoms with Crippen LogP contribution in [0.3, 0.4) is 0 Å². The molecule has 8 N–H and O–H groups in total. The van der Waals surface area contributed by atoms with Gasteiger partial charge in [-0.15, -0.1) is 0 Å². The van der Waals surface area contributed by atoms with Crippen molar-refractivity contribution in [2.24, 2.45) is 0 Å². The minimum Gasteiger partial charge on any atom is -0.748 e. The Morgan fingerprint density at radius 1 is 0.816 bits per heavy atom. The summed E-state index contributed by atoms with van der Waals surface area (Å²) in [5, 5.41) is 24.0. The van der Waals surface area contributed by atoms with E-state index < -0.39 is 15.9 Å². The van der Waals surface area contributed by atoms with Crippen LogP contribution in [0.5, 0.6) is 0 Å². The Labute approximate surface area is 304 Å². The Bertz CT molecular complexity index is 1260. The Hall–Kier alpha value is -0.687. The Morgan fingerprint density at radius 2 is 1.29 bits per heavy atom. The van der Waals surface area contributed by atoms with E-state index in [1.807, 2.05) is 0 Å². The molecule has 0 aromatic carbocycles. The molecule has 0 unspecified atom stereocenters. The first kappa shape index (κ1) is 35.3. The smallest absolute Gasteiger partial charge is 0.748 e. The summed E-state index contributed by atoms with van der Waals surface area (Å²) in [7, 11) is -4.40. The second kappa shape index (κ2) is 17.9. The summed E-state index contributed by atoms with van der Waals surface area (Å²) in [4.78, 5) is 32.1. The van der Waals surface area contributed by atoms with Gasteiger partial charge in [0, 0.05) is 30.9 Å². The maximum absolute atomic E-state index is 10.7. The monoisotopic (exact) mass is 620 g/mol. The van der Waals surface area contributed by atoms with Gasteiger partial charge in [-0.05, 0) is 0 Å². The van der Waals surface area contributed by atoms with E-state index in [4.69, 9.17) is 11.5 Å². The maximum Gasteiger partial charge on any atom is 1.00 e. The molecular formula is C14H18K2N14O6S2. The van der Waals surface area contributed by atoms with Gasteiger partial charge < -0.3 is 42.5 Å². The van der Waals surface area contributed by atoms with Crippen molar-refractivity contribution in [2.75, 3.05) is 57.3 Å². The average molecular weight is 621 g/mol. The molecule has 0 aliphatic rings. The van der Waals surface area contributed by atoms with Crippen LogP contribution >= 0.6 is 12.0 Å². The van der Waals surface area contributed by atoms with Crippen molar-refractivity contribution in [1.29, 1.82) is 0 Å². The minimum atomic E-state index is -4.40. The SMILES string of the molecule is Nc1nc(NCCSOO[O-])nc(Nc2cnc(Nc3nc(N)nc(NCCS(=O)(=O)[O-])n3)cn2)n1.[K+].[K+]. The van der Waals surface area contributed by atoms with Gasteiger partial charge in [-0.1, -0.05) is 0 Å². The Morgan fingerprint density at radius 3 is 1.74 bits per heavy atom. The van der Waals surface area contributed by atoms with Crippen molar-refractivity contribution < 1.29 is 130 Å². The van der Waals surface area contributed by atoms with Crippen molar-refractivity contribution in [1.82, 2.24) is 39.9 Å². The van der Waals surface area contributed by atoms with E-state index in [-0.39, 0.29) is 157 Å². The zero-order valence-electron chi connectivity index (χ0n) is 20.0. The van der Waals surface area contributed by atoms with Crippen molar-refractivity contribution >= 4 is 69.5 Å². The summed E-state index contributed by atoms with van der Waals surface area (Å²) in [6.45, 7) is 0.130. The van der Waals surface area contributed by atoms with Crippen molar-refractivity contribution in [3.05, 3.63) is 12.4 Å². The summed E-state index contributed by atoms with van der Waals surface area (Å²) in [5.74, 6) is 0.213. The van der Waals surface area contributed by atoms with E-state index in [0.29, 0.717) is 12.3 Å². The number of hydrogen-bond donors (Lipinski definition) is 6. The number of nitrogens with two attached hydrogens (primary N) is 2. The quantitative estimate of drug-likeness (QED) is 0.0243. The summed E-state index contributed by atoms with van der Waals surface area (Å²) >= 11 is 0.795. The molecular weight excluding hydrogens is 603 g/mol. The topological polar surface area (TPSA) is 302 Å². The third-order valence-corrected chi connectivity index (χ3v) is 4.84. The van der Waals surface area contributed by atoms with Gasteiger partial charge in [0.25, 0.3) is 0 Å². The molecule has 3 rings (SSSR count). The predicted molar refractivity (Wildman–Crippen MR) is 123 cm³/mol. The molecule has 0 saturated heterocycles. The number of hydrogen-bond acceptors (Lipinski definition) is 21. The molecule has 3 aromatic heterocycles. The van der Waals surface area contributed by atoms with E-state index in [9.17, 15) is 18.2 Å². The zero-order valence-corrected chi connectivity index (χ0v) is 27.9. The van der Waals surface area contributed by atoms with E-state index >= 15 is 0 Å². The largest absolute Gasteiger partial charge is 1.00 e. The van der Waals surface area contributed by atoms with E-state index in [2.05, 4.69) is 70.5 Å². The molecule has 0 aliphatic heterocycles. The zero-order chi connectivity index (χ0) is 26.0. The Kier molecular flexibility index (Phi) is 16.6. The molecule has 20 nitrogen and oxygen atoms in total. The fourth-order valence-corrected chi connectivity index (χ4v) is 2.93. The molecule has 0 radical (unpaired) electrons. The fraction of sp³-hybridized carbons (Fsp3) is 0.286. The maximum atomic E-state index is 10.7. The van der Waals surface area contributed by atoms with E-state index in [1.165, 1.54) is 12.4 Å². The van der Waals surface area contributed by atoms with Gasteiger partial charge in [-0.25, -0.2) is 18.4 Å². The average Bonchev–Trinajstić information content (AvgIpc) is 2.79. The van der Waals surface area contributed by atoms with Gasteiger partial charge in [-0.3, -0.25) is 5.04 Å². The molecule has 24 heteroatoms. The molecule has 0 aliphatic carbocycles. The van der Waals surface area contributed by atoms with Crippen LogP contribution in [0.2, 0.25) is 0 Å². The second-order valence-corrected chi connectivity index (χ2v) is 8.60. The summed E-state index contributed by atoms with van der Waals surface area (Å²) in [5.41, 5.74) is 11.3. The summed E-state index contributed by atoms with van der Waals surface area (Å²) in [6.07, 6.45) is 2.70. The van der Waals surface area contributed by atoms with Crippen LogP contribution in [0, 0.1) is 0 Å². The van der Waals surface area contributed by atoms with Gasteiger partial charge in [0.2, 0.25) is 35.7 Å². The van der Waals surface area contributed by atoms with E-state index in [0.717, 1.165) is 12.0 Å². The van der Waals surface area contributed by atoms with Crippen LogP contribution in [0.15, 0.2) is 12.4 Å². The normalized spacial score (nSPS) is 10.6. The number of aromatic nitrogens is 8. The van der Waals surface area contributed by atoms with Gasteiger partial charge in [0.1, 0.15) is 0 Å². The number of nitrogen functional groups attached to an aromatic ring is 2. The van der Waals surface area contributed by atoms with Crippen molar-refractivity contribution in [3.8, 4) is 0 Å². The minimum absolute atomic E-state index is 0. The Balaban J connectivity index is 0.00000361. The van der Waals surface area contributed by atoms with Crippen LogP contribution in [0.1, 0.15) is 0 Å². The molecule has 0 fully saturated rings. The first-order valence-electron chi connectivity index (χ1n) is 9.59. The standard InChI is InChI=1S/C14H20N14O6S2.2K/c15-9-23-11(17-1-3-35-34-33-29)27-13(25-9)21-7-5-20-8(6-19-7)22-14-26-10(16)24-12(28-14)18-2-4-36(30,31)32;;/h5-6,29H,1-4H2,(H,30,31,32)(H4,15,17,19,21,23,25,27)(H4,16,18,20,22,24,26,28);;/q;2*+1/p-2. The third kappa shape index (κ3) is 13.6. The molecule has 0 amide bonds. The molecule has 194 valence electrons. The van der Waals surface area contributed by atoms with Crippen LogP contribution in [-0.4, -0.2) is 77.4 Å². The van der Waals surface area contributed by atoms with Gasteiger partial charge in [0.05, 0.1) is 28.3 Å². The van der Waals surface area contributed by atoms with Crippen LogP contribution < -0.4 is 141 Å². The van der Waals surface area contributed by atoms with Crippen molar-refractivity contribution in [2.45, 2.75) is 0 Å². The molecule has 0 spiro atoms. The van der Waals surface area contributed by atoms with E-state index in [1.54, 1.807) is 0 Å². The number of anilines is 8. The molecule has 3 heterocycles. The molecule has 0 atom stereocenters. The summed E-state index contributed by atoms with van der Waals surface area (Å²) < 4.78 is 36.3. The fourth-order valence-electron chi connectivity index (χ4n) is 2.29. The second-order valence-electron chi connectivity index (χ2n) is 6.29. The number of rotatable bonds is 14. The van der Waals surface area contributed by atoms with Crippen LogP contribution in [-0.2, 0) is 19.5 Å². The van der Waals surface area contributed by atoms with Gasteiger partial charge in [0.15, 0.2) is 11.6 Å². The molecule has 38 heavy (non-hydrogen) atoms. The molecule has 0 bridgehead atoms. The summed E-state index contributed by atoms with van der Waals surface area (Å²) in [6, 6.07) is 0. The number of nitrogens with one attached hydrogen (secondary N) is 4. The molecule has 0 saturated carbocycles.